The molecule has 30 heavy (non-hydrogen) atoms. The first-order valence-electron chi connectivity index (χ1n) is 9.82. The zero-order valence-corrected chi connectivity index (χ0v) is 17.5. The molecule has 3 rings (SSSR count). The molecule has 0 aromatic heterocycles. The molecule has 0 aliphatic carbocycles. The quantitative estimate of drug-likeness (QED) is 0.664. The van der Waals surface area contributed by atoms with Crippen molar-refractivity contribution in [1.82, 2.24) is 4.90 Å². The first-order valence-corrected chi connectivity index (χ1v) is 11.6. The molecule has 0 saturated carbocycles. The molecule has 1 atom stereocenters. The number of nitriles is 1. The summed E-state index contributed by atoms with van der Waals surface area (Å²) in [7, 11) is -3.10. The minimum Gasteiger partial charge on any atom is -0.456 e. The van der Waals surface area contributed by atoms with Crippen molar-refractivity contribution in [2.75, 3.05) is 18.1 Å². The molecular formula is C22H23FN2O4S. The van der Waals surface area contributed by atoms with Gasteiger partial charge in [0.15, 0.2) is 9.84 Å². The van der Waals surface area contributed by atoms with Crippen molar-refractivity contribution in [2.24, 2.45) is 0 Å². The monoisotopic (exact) mass is 430 g/mol. The number of ether oxygens (including phenoxy) is 1. The first-order chi connectivity index (χ1) is 14.3. The predicted molar refractivity (Wildman–Crippen MR) is 111 cm³/mol. The lowest BCUT2D eigenvalue weighted by Gasteiger charge is -2.28. The molecule has 0 radical (unpaired) electrons. The number of carbonyl (C=O) groups is 1. The number of hydrogen-bond donors (Lipinski definition) is 0. The van der Waals surface area contributed by atoms with Crippen LogP contribution < -0.4 is 4.74 Å². The van der Waals surface area contributed by atoms with E-state index in [-0.39, 0.29) is 34.8 Å². The van der Waals surface area contributed by atoms with Crippen LogP contribution in [0.1, 0.15) is 42.1 Å². The van der Waals surface area contributed by atoms with Crippen molar-refractivity contribution in [3.8, 4) is 17.6 Å². The number of benzene rings is 2. The summed E-state index contributed by atoms with van der Waals surface area (Å²) in [6.45, 7) is 2.52. The van der Waals surface area contributed by atoms with E-state index in [2.05, 4.69) is 0 Å². The second-order valence-corrected chi connectivity index (χ2v) is 9.49. The second kappa shape index (κ2) is 9.26. The normalized spacial score (nSPS) is 17.3. The molecular weight excluding hydrogens is 407 g/mol. The molecule has 1 saturated heterocycles. The van der Waals surface area contributed by atoms with E-state index in [9.17, 15) is 17.6 Å². The van der Waals surface area contributed by atoms with Crippen LogP contribution in [0.5, 0.6) is 11.5 Å². The molecule has 1 aliphatic rings. The third-order valence-corrected chi connectivity index (χ3v) is 6.83. The molecule has 1 aliphatic heterocycles. The molecule has 8 heteroatoms. The Balaban J connectivity index is 1.77. The zero-order valence-electron chi connectivity index (χ0n) is 16.7. The van der Waals surface area contributed by atoms with E-state index >= 15 is 0 Å². The van der Waals surface area contributed by atoms with Gasteiger partial charge in [-0.2, -0.15) is 5.26 Å². The van der Waals surface area contributed by atoms with Crippen LogP contribution >= 0.6 is 0 Å². The highest BCUT2D eigenvalue weighted by Gasteiger charge is 2.34. The molecule has 0 spiro atoms. The summed E-state index contributed by atoms with van der Waals surface area (Å²) < 4.78 is 43.1. The maximum Gasteiger partial charge on any atom is 0.254 e. The van der Waals surface area contributed by atoms with Gasteiger partial charge in [-0.1, -0.05) is 19.4 Å². The average Bonchev–Trinajstić information content (AvgIpc) is 3.08. The van der Waals surface area contributed by atoms with Gasteiger partial charge in [0.05, 0.1) is 11.5 Å². The summed E-state index contributed by atoms with van der Waals surface area (Å²) in [6, 6.07) is 11.9. The van der Waals surface area contributed by atoms with Gasteiger partial charge in [-0.25, -0.2) is 12.8 Å². The third-order valence-electron chi connectivity index (χ3n) is 5.08. The summed E-state index contributed by atoms with van der Waals surface area (Å²) in [5.74, 6) is -0.329. The molecule has 2 aromatic rings. The summed E-state index contributed by atoms with van der Waals surface area (Å²) >= 11 is 0. The van der Waals surface area contributed by atoms with Crippen molar-refractivity contribution in [3.63, 3.8) is 0 Å². The van der Waals surface area contributed by atoms with Crippen molar-refractivity contribution in [3.05, 3.63) is 59.4 Å². The Morgan fingerprint density at radius 1 is 1.27 bits per heavy atom. The van der Waals surface area contributed by atoms with Gasteiger partial charge in [-0.3, -0.25) is 4.79 Å². The number of unbranched alkanes of at least 4 members (excludes halogenated alkanes) is 1. The molecule has 2 aromatic carbocycles. The predicted octanol–water partition coefficient (Wildman–Crippen LogP) is 3.92. The van der Waals surface area contributed by atoms with Gasteiger partial charge in [0.1, 0.15) is 28.9 Å². The van der Waals surface area contributed by atoms with E-state index < -0.39 is 15.7 Å². The van der Waals surface area contributed by atoms with Gasteiger partial charge in [-0.15, -0.1) is 0 Å². The number of halogens is 1. The largest absolute Gasteiger partial charge is 0.456 e. The molecule has 6 nitrogen and oxygen atoms in total. The maximum atomic E-state index is 13.7. The van der Waals surface area contributed by atoms with Gasteiger partial charge in [-0.05, 0) is 49.2 Å². The Hall–Kier alpha value is -2.92. The molecule has 1 fully saturated rings. The van der Waals surface area contributed by atoms with Crippen LogP contribution in [0.15, 0.2) is 42.5 Å². The molecule has 1 unspecified atom stereocenters. The molecule has 0 N–H and O–H groups in total. The van der Waals surface area contributed by atoms with Crippen molar-refractivity contribution in [2.45, 2.75) is 32.2 Å². The fourth-order valence-electron chi connectivity index (χ4n) is 3.46. The van der Waals surface area contributed by atoms with Crippen LogP contribution in [0.2, 0.25) is 0 Å². The summed E-state index contributed by atoms with van der Waals surface area (Å²) in [6.07, 6.45) is 2.14. The number of rotatable bonds is 7. The molecule has 1 heterocycles. The number of hydrogen-bond acceptors (Lipinski definition) is 5. The van der Waals surface area contributed by atoms with Gasteiger partial charge in [0, 0.05) is 18.2 Å². The van der Waals surface area contributed by atoms with E-state index in [0.717, 1.165) is 12.8 Å². The Morgan fingerprint density at radius 2 is 2.00 bits per heavy atom. The Kier molecular flexibility index (Phi) is 6.73. The standard InChI is InChI=1S/C22H23FN2O4S/c1-2-3-12-25(17-11-13-30(27,28)15-17)22(26)16-7-9-18(10-8-16)29-21-6-4-5-20(23)19(21)14-24/h4-10,17H,2-3,11-13,15H2,1H3. The number of carbonyl (C=O) groups excluding carboxylic acids is 1. The fraction of sp³-hybridized carbons (Fsp3) is 0.364. The van der Waals surface area contributed by atoms with Gasteiger partial charge < -0.3 is 9.64 Å². The van der Waals surface area contributed by atoms with E-state index in [0.29, 0.717) is 24.3 Å². The van der Waals surface area contributed by atoms with Crippen molar-refractivity contribution < 1.29 is 22.3 Å². The number of sulfone groups is 1. The van der Waals surface area contributed by atoms with Gasteiger partial charge in [0.2, 0.25) is 0 Å². The summed E-state index contributed by atoms with van der Waals surface area (Å²) in [4.78, 5) is 14.7. The summed E-state index contributed by atoms with van der Waals surface area (Å²) in [5, 5.41) is 9.10. The van der Waals surface area contributed by atoms with Crippen molar-refractivity contribution in [1.29, 1.82) is 5.26 Å². The number of amides is 1. The zero-order chi connectivity index (χ0) is 21.7. The summed E-state index contributed by atoms with van der Waals surface area (Å²) in [5.41, 5.74) is 0.230. The Morgan fingerprint density at radius 3 is 2.60 bits per heavy atom. The highest BCUT2D eigenvalue weighted by Crippen LogP contribution is 2.27. The smallest absolute Gasteiger partial charge is 0.254 e. The number of nitrogens with zero attached hydrogens (tertiary/aromatic N) is 2. The first kappa shape index (κ1) is 21.8. The SMILES string of the molecule is CCCCN(C(=O)c1ccc(Oc2cccc(F)c2C#N)cc1)C1CCS(=O)(=O)C1. The maximum absolute atomic E-state index is 13.7. The van der Waals surface area contributed by atoms with Crippen LogP contribution in [0.25, 0.3) is 0 Å². The van der Waals surface area contributed by atoms with Crippen LogP contribution in [0.4, 0.5) is 4.39 Å². The third kappa shape index (κ3) is 4.97. The Labute approximate surface area is 175 Å². The topological polar surface area (TPSA) is 87.5 Å². The van der Waals surface area contributed by atoms with Crippen molar-refractivity contribution >= 4 is 15.7 Å². The van der Waals surface area contributed by atoms with E-state index in [4.69, 9.17) is 10.00 Å². The van der Waals surface area contributed by atoms with Crippen LogP contribution in [-0.2, 0) is 9.84 Å². The van der Waals surface area contributed by atoms with E-state index in [1.54, 1.807) is 35.2 Å². The lowest BCUT2D eigenvalue weighted by molar-refractivity contribution is 0.0694. The lowest BCUT2D eigenvalue weighted by Crippen LogP contribution is -2.41. The molecule has 0 bridgehead atoms. The Bertz CT molecular complexity index is 1060. The van der Waals surface area contributed by atoms with Gasteiger partial charge in [0.25, 0.3) is 5.91 Å². The van der Waals surface area contributed by atoms with E-state index in [1.807, 2.05) is 6.92 Å². The van der Waals surface area contributed by atoms with Gasteiger partial charge >= 0.3 is 0 Å². The van der Waals surface area contributed by atoms with E-state index in [1.165, 1.54) is 18.2 Å². The molecule has 1 amide bonds. The minimum absolute atomic E-state index is 0.000156. The minimum atomic E-state index is -3.10. The second-order valence-electron chi connectivity index (χ2n) is 7.26. The molecule has 158 valence electrons. The van der Waals surface area contributed by atoms with Crippen LogP contribution in [0.3, 0.4) is 0 Å². The highest BCUT2D eigenvalue weighted by atomic mass is 32.2. The van der Waals surface area contributed by atoms with Crippen LogP contribution in [-0.4, -0.2) is 43.3 Å². The lowest BCUT2D eigenvalue weighted by atomic mass is 10.1. The highest BCUT2D eigenvalue weighted by molar-refractivity contribution is 7.91. The van der Waals surface area contributed by atoms with Crippen LogP contribution in [0, 0.1) is 17.1 Å². The fourth-order valence-corrected chi connectivity index (χ4v) is 5.19. The average molecular weight is 431 g/mol.